The van der Waals surface area contributed by atoms with Crippen LogP contribution in [0.4, 0.5) is 5.69 Å². The van der Waals surface area contributed by atoms with Crippen molar-refractivity contribution in [2.75, 3.05) is 17.7 Å². The van der Waals surface area contributed by atoms with Crippen molar-refractivity contribution < 1.29 is 9.53 Å². The van der Waals surface area contributed by atoms with Crippen molar-refractivity contribution in [1.29, 1.82) is 0 Å². The summed E-state index contributed by atoms with van der Waals surface area (Å²) < 4.78 is 5.67. The second-order valence-corrected chi connectivity index (χ2v) is 7.51. The van der Waals surface area contributed by atoms with Crippen LogP contribution in [-0.2, 0) is 4.79 Å². The summed E-state index contributed by atoms with van der Waals surface area (Å²) in [5, 5.41) is 3.38. The van der Waals surface area contributed by atoms with Gasteiger partial charge < -0.3 is 10.1 Å². The Morgan fingerprint density at radius 1 is 1.21 bits per heavy atom. The molecule has 2 aromatic rings. The number of hydrogen-bond acceptors (Lipinski definition) is 3. The maximum absolute atomic E-state index is 12.3. The fraction of sp³-hybridized carbons (Fsp3) is 0.316. The molecule has 0 unspecified atom stereocenters. The predicted octanol–water partition coefficient (Wildman–Crippen LogP) is 5.10. The SMILES string of the molecule is Cc1ccc(OCCS[C@@H](C)C(=O)Nc2cc(Cl)ccc2C)cc1. The van der Waals surface area contributed by atoms with Gasteiger partial charge >= 0.3 is 0 Å². The van der Waals surface area contributed by atoms with Crippen molar-refractivity contribution in [2.45, 2.75) is 26.0 Å². The lowest BCUT2D eigenvalue weighted by molar-refractivity contribution is -0.115. The maximum Gasteiger partial charge on any atom is 0.237 e. The van der Waals surface area contributed by atoms with Crippen LogP contribution in [0.3, 0.4) is 0 Å². The number of carbonyl (C=O) groups is 1. The molecule has 24 heavy (non-hydrogen) atoms. The number of hydrogen-bond donors (Lipinski definition) is 1. The van der Waals surface area contributed by atoms with E-state index in [0.29, 0.717) is 11.6 Å². The van der Waals surface area contributed by atoms with Gasteiger partial charge in [0.25, 0.3) is 0 Å². The Kier molecular flexibility index (Phi) is 7.00. The summed E-state index contributed by atoms with van der Waals surface area (Å²) in [6, 6.07) is 13.4. The number of aryl methyl sites for hydroxylation is 2. The van der Waals surface area contributed by atoms with E-state index in [-0.39, 0.29) is 11.2 Å². The number of ether oxygens (including phenoxy) is 1. The smallest absolute Gasteiger partial charge is 0.237 e. The summed E-state index contributed by atoms with van der Waals surface area (Å²) in [4.78, 5) is 12.3. The average Bonchev–Trinajstić information content (AvgIpc) is 2.56. The predicted molar refractivity (Wildman–Crippen MR) is 103 cm³/mol. The molecule has 0 aliphatic carbocycles. The summed E-state index contributed by atoms with van der Waals surface area (Å²) in [6.07, 6.45) is 0. The molecular formula is C19H22ClNO2S. The van der Waals surface area contributed by atoms with Crippen LogP contribution in [0.1, 0.15) is 18.1 Å². The molecule has 128 valence electrons. The van der Waals surface area contributed by atoms with Crippen LogP contribution in [0, 0.1) is 13.8 Å². The van der Waals surface area contributed by atoms with Gasteiger partial charge in [-0.3, -0.25) is 4.79 Å². The third kappa shape index (κ3) is 5.77. The van der Waals surface area contributed by atoms with Crippen LogP contribution < -0.4 is 10.1 Å². The fourth-order valence-corrected chi connectivity index (χ4v) is 2.97. The minimum Gasteiger partial charge on any atom is -0.493 e. The highest BCUT2D eigenvalue weighted by Gasteiger charge is 2.14. The number of rotatable bonds is 7. The van der Waals surface area contributed by atoms with Crippen molar-refractivity contribution in [3.63, 3.8) is 0 Å². The molecule has 0 spiro atoms. The molecule has 0 heterocycles. The molecule has 0 fully saturated rings. The molecule has 2 rings (SSSR count). The Morgan fingerprint density at radius 2 is 1.92 bits per heavy atom. The van der Waals surface area contributed by atoms with E-state index in [9.17, 15) is 4.79 Å². The summed E-state index contributed by atoms with van der Waals surface area (Å²) in [5.41, 5.74) is 2.96. The Labute approximate surface area is 152 Å². The second-order valence-electron chi connectivity index (χ2n) is 5.62. The van der Waals surface area contributed by atoms with Gasteiger partial charge in [0.05, 0.1) is 11.9 Å². The number of benzene rings is 2. The minimum absolute atomic E-state index is 0.0271. The van der Waals surface area contributed by atoms with Crippen LogP contribution in [0.2, 0.25) is 5.02 Å². The minimum atomic E-state index is -0.162. The third-order valence-corrected chi connectivity index (χ3v) is 4.92. The zero-order valence-electron chi connectivity index (χ0n) is 14.1. The number of thioether (sulfide) groups is 1. The van der Waals surface area contributed by atoms with E-state index < -0.39 is 0 Å². The second kappa shape index (κ2) is 9.00. The van der Waals surface area contributed by atoms with Gasteiger partial charge in [-0.25, -0.2) is 0 Å². The third-order valence-electron chi connectivity index (χ3n) is 3.57. The van der Waals surface area contributed by atoms with Crippen molar-refractivity contribution in [1.82, 2.24) is 0 Å². The zero-order valence-corrected chi connectivity index (χ0v) is 15.7. The van der Waals surface area contributed by atoms with Crippen LogP contribution in [0.5, 0.6) is 5.75 Å². The maximum atomic E-state index is 12.3. The van der Waals surface area contributed by atoms with Crippen LogP contribution in [-0.4, -0.2) is 23.5 Å². The summed E-state index contributed by atoms with van der Waals surface area (Å²) in [6.45, 7) is 6.45. The molecule has 0 saturated heterocycles. The molecule has 0 radical (unpaired) electrons. The topological polar surface area (TPSA) is 38.3 Å². The molecule has 0 bridgehead atoms. The van der Waals surface area contributed by atoms with Gasteiger partial charge in [0.15, 0.2) is 0 Å². The van der Waals surface area contributed by atoms with E-state index in [4.69, 9.17) is 16.3 Å². The van der Waals surface area contributed by atoms with E-state index in [1.807, 2.05) is 57.2 Å². The van der Waals surface area contributed by atoms with E-state index in [0.717, 1.165) is 22.8 Å². The van der Waals surface area contributed by atoms with Crippen LogP contribution >= 0.6 is 23.4 Å². The summed E-state index contributed by atoms with van der Waals surface area (Å²) in [5.74, 6) is 1.57. The lowest BCUT2D eigenvalue weighted by Crippen LogP contribution is -2.23. The molecule has 2 aromatic carbocycles. The van der Waals surface area contributed by atoms with Crippen molar-refractivity contribution in [3.05, 3.63) is 58.6 Å². The van der Waals surface area contributed by atoms with E-state index in [2.05, 4.69) is 5.32 Å². The monoisotopic (exact) mass is 363 g/mol. The molecule has 1 atom stereocenters. The van der Waals surface area contributed by atoms with Crippen molar-refractivity contribution >= 4 is 35.0 Å². The number of amides is 1. The van der Waals surface area contributed by atoms with Gasteiger partial charge in [-0.1, -0.05) is 35.4 Å². The van der Waals surface area contributed by atoms with Gasteiger partial charge in [-0.15, -0.1) is 11.8 Å². The molecule has 0 aliphatic rings. The van der Waals surface area contributed by atoms with E-state index in [1.165, 1.54) is 5.56 Å². The first kappa shape index (κ1) is 18.7. The Hall–Kier alpha value is -1.65. The van der Waals surface area contributed by atoms with Gasteiger partial charge in [0.1, 0.15) is 5.75 Å². The lowest BCUT2D eigenvalue weighted by Gasteiger charge is -2.14. The standard InChI is InChI=1S/C19H22ClNO2S/c1-13-4-8-17(9-5-13)23-10-11-24-15(3)19(22)21-18-12-16(20)7-6-14(18)2/h4-9,12,15H,10-11H2,1-3H3,(H,21,22)/t15-/m0/s1. The first-order chi connectivity index (χ1) is 11.5. The van der Waals surface area contributed by atoms with Crippen molar-refractivity contribution in [2.24, 2.45) is 0 Å². The number of carbonyl (C=O) groups excluding carboxylic acids is 1. The zero-order chi connectivity index (χ0) is 17.5. The highest BCUT2D eigenvalue weighted by Crippen LogP contribution is 2.22. The van der Waals surface area contributed by atoms with Gasteiger partial charge in [-0.2, -0.15) is 0 Å². The molecular weight excluding hydrogens is 342 g/mol. The van der Waals surface area contributed by atoms with Gasteiger partial charge in [0, 0.05) is 16.5 Å². The molecule has 1 amide bonds. The first-order valence-electron chi connectivity index (χ1n) is 7.84. The van der Waals surface area contributed by atoms with E-state index in [1.54, 1.807) is 17.8 Å². The van der Waals surface area contributed by atoms with Crippen LogP contribution in [0.15, 0.2) is 42.5 Å². The van der Waals surface area contributed by atoms with Crippen molar-refractivity contribution in [3.8, 4) is 5.75 Å². The highest BCUT2D eigenvalue weighted by atomic mass is 35.5. The number of anilines is 1. The first-order valence-corrected chi connectivity index (χ1v) is 9.26. The number of nitrogens with one attached hydrogen (secondary N) is 1. The molecule has 0 aliphatic heterocycles. The van der Waals surface area contributed by atoms with Gasteiger partial charge in [0.2, 0.25) is 5.91 Å². The molecule has 1 N–H and O–H groups in total. The van der Waals surface area contributed by atoms with Crippen LogP contribution in [0.25, 0.3) is 0 Å². The Balaban J connectivity index is 1.75. The molecule has 3 nitrogen and oxygen atoms in total. The Morgan fingerprint density at radius 3 is 2.62 bits per heavy atom. The largest absolute Gasteiger partial charge is 0.493 e. The highest BCUT2D eigenvalue weighted by molar-refractivity contribution is 8.00. The van der Waals surface area contributed by atoms with E-state index >= 15 is 0 Å². The Bertz CT molecular complexity index is 688. The molecule has 5 heteroatoms. The quantitative estimate of drug-likeness (QED) is 0.696. The normalized spacial score (nSPS) is 11.8. The number of halogens is 1. The molecule has 0 saturated carbocycles. The summed E-state index contributed by atoms with van der Waals surface area (Å²) >= 11 is 7.54. The fourth-order valence-electron chi connectivity index (χ4n) is 2.06. The molecule has 0 aromatic heterocycles. The van der Waals surface area contributed by atoms with Gasteiger partial charge in [-0.05, 0) is 50.6 Å². The lowest BCUT2D eigenvalue weighted by atomic mass is 10.2. The average molecular weight is 364 g/mol. The summed E-state index contributed by atoms with van der Waals surface area (Å²) in [7, 11) is 0.